The lowest BCUT2D eigenvalue weighted by Crippen LogP contribution is -2.54. The maximum atomic E-state index is 12.5. The van der Waals surface area contributed by atoms with Crippen LogP contribution in [0.5, 0.6) is 0 Å². The van der Waals surface area contributed by atoms with E-state index in [9.17, 15) is 18.3 Å². The SMILES string of the molecule is O=C(O)C1(NS(=O)(=O)c2c[nH]c3ncccc23)CCOC1. The minimum atomic E-state index is -4.01. The normalized spacial score (nSPS) is 22.7. The molecular formula is C12H13N3O5S. The molecule has 112 valence electrons. The molecule has 1 fully saturated rings. The largest absolute Gasteiger partial charge is 0.480 e. The number of aromatic amines is 1. The van der Waals surface area contributed by atoms with Crippen molar-refractivity contribution in [2.24, 2.45) is 0 Å². The number of ether oxygens (including phenoxy) is 1. The molecule has 1 unspecified atom stereocenters. The molecule has 8 nitrogen and oxygen atoms in total. The number of hydrogen-bond acceptors (Lipinski definition) is 5. The van der Waals surface area contributed by atoms with Gasteiger partial charge < -0.3 is 14.8 Å². The summed E-state index contributed by atoms with van der Waals surface area (Å²) in [6, 6.07) is 3.22. The van der Waals surface area contributed by atoms with E-state index in [0.717, 1.165) is 0 Å². The van der Waals surface area contributed by atoms with Crippen LogP contribution in [0.15, 0.2) is 29.4 Å². The third-order valence-electron chi connectivity index (χ3n) is 3.46. The van der Waals surface area contributed by atoms with Gasteiger partial charge in [0.1, 0.15) is 10.5 Å². The highest BCUT2D eigenvalue weighted by Crippen LogP contribution is 2.25. The van der Waals surface area contributed by atoms with E-state index in [1.54, 1.807) is 12.1 Å². The summed E-state index contributed by atoms with van der Waals surface area (Å²) >= 11 is 0. The molecule has 1 atom stereocenters. The van der Waals surface area contributed by atoms with E-state index in [-0.39, 0.29) is 24.5 Å². The van der Waals surface area contributed by atoms with E-state index in [4.69, 9.17) is 4.74 Å². The van der Waals surface area contributed by atoms with Crippen LogP contribution in [-0.2, 0) is 19.6 Å². The molecule has 0 spiro atoms. The van der Waals surface area contributed by atoms with Gasteiger partial charge >= 0.3 is 5.97 Å². The number of hydrogen-bond donors (Lipinski definition) is 3. The van der Waals surface area contributed by atoms with Gasteiger partial charge in [0.15, 0.2) is 5.54 Å². The van der Waals surface area contributed by atoms with Gasteiger partial charge in [0, 0.05) is 30.8 Å². The fourth-order valence-electron chi connectivity index (χ4n) is 2.32. The van der Waals surface area contributed by atoms with Crippen LogP contribution in [0, 0.1) is 0 Å². The molecule has 3 N–H and O–H groups in total. The Bertz CT molecular complexity index is 792. The molecule has 0 saturated carbocycles. The van der Waals surface area contributed by atoms with E-state index in [1.807, 2.05) is 0 Å². The van der Waals surface area contributed by atoms with Crippen LogP contribution in [0.3, 0.4) is 0 Å². The zero-order valence-corrected chi connectivity index (χ0v) is 11.7. The Labute approximate surface area is 120 Å². The van der Waals surface area contributed by atoms with Crippen LogP contribution in [0.4, 0.5) is 0 Å². The van der Waals surface area contributed by atoms with Gasteiger partial charge in [-0.05, 0) is 12.1 Å². The number of aliphatic carboxylic acids is 1. The fourth-order valence-corrected chi connectivity index (χ4v) is 3.86. The van der Waals surface area contributed by atoms with Gasteiger partial charge in [-0.15, -0.1) is 0 Å². The number of nitrogens with one attached hydrogen (secondary N) is 2. The van der Waals surface area contributed by atoms with Gasteiger partial charge in [-0.3, -0.25) is 4.79 Å². The Kier molecular flexibility index (Phi) is 3.19. The summed E-state index contributed by atoms with van der Waals surface area (Å²) in [4.78, 5) is 18.1. The Morgan fingerprint density at radius 3 is 3.00 bits per heavy atom. The summed E-state index contributed by atoms with van der Waals surface area (Å²) in [5.74, 6) is -1.25. The topological polar surface area (TPSA) is 121 Å². The Morgan fingerprint density at radius 1 is 1.52 bits per heavy atom. The van der Waals surface area contributed by atoms with Crippen LogP contribution in [-0.4, -0.2) is 48.2 Å². The fraction of sp³-hybridized carbons (Fsp3) is 0.333. The van der Waals surface area contributed by atoms with Gasteiger partial charge in [0.05, 0.1) is 6.61 Å². The summed E-state index contributed by atoms with van der Waals surface area (Å²) < 4.78 is 32.3. The van der Waals surface area contributed by atoms with Gasteiger partial charge in [0.2, 0.25) is 10.0 Å². The first kappa shape index (κ1) is 14.0. The van der Waals surface area contributed by atoms with Crippen LogP contribution in [0.2, 0.25) is 0 Å². The van der Waals surface area contributed by atoms with Crippen LogP contribution < -0.4 is 4.72 Å². The molecule has 2 aromatic heterocycles. The number of sulfonamides is 1. The molecule has 2 aromatic rings. The van der Waals surface area contributed by atoms with Crippen molar-refractivity contribution >= 4 is 27.0 Å². The number of nitrogens with zero attached hydrogens (tertiary/aromatic N) is 1. The average molecular weight is 311 g/mol. The van der Waals surface area contributed by atoms with Crippen molar-refractivity contribution in [2.75, 3.05) is 13.2 Å². The molecule has 3 rings (SSSR count). The summed E-state index contributed by atoms with van der Waals surface area (Å²) in [5, 5.41) is 9.72. The second-order valence-corrected chi connectivity index (χ2v) is 6.50. The van der Waals surface area contributed by atoms with Crippen molar-refractivity contribution in [3.8, 4) is 0 Å². The minimum absolute atomic E-state index is 0.0295. The Morgan fingerprint density at radius 2 is 2.33 bits per heavy atom. The predicted molar refractivity (Wildman–Crippen MR) is 72.2 cm³/mol. The first-order valence-corrected chi connectivity index (χ1v) is 7.70. The molecule has 3 heterocycles. The first-order valence-electron chi connectivity index (χ1n) is 6.22. The Hall–Kier alpha value is -1.97. The first-order chi connectivity index (χ1) is 9.95. The molecule has 1 aliphatic heterocycles. The summed E-state index contributed by atoms with van der Waals surface area (Å²) in [6.07, 6.45) is 2.92. The van der Waals surface area contributed by atoms with E-state index >= 15 is 0 Å². The monoisotopic (exact) mass is 311 g/mol. The number of carboxylic acids is 1. The number of pyridine rings is 1. The molecular weight excluding hydrogens is 298 g/mol. The van der Waals surface area contributed by atoms with E-state index in [2.05, 4.69) is 14.7 Å². The second kappa shape index (κ2) is 4.79. The number of rotatable bonds is 4. The third-order valence-corrected chi connectivity index (χ3v) is 5.04. The number of aromatic nitrogens is 2. The van der Waals surface area contributed by atoms with Gasteiger partial charge in [-0.2, -0.15) is 4.72 Å². The standard InChI is InChI=1S/C12H13N3O5S/c16-11(17)12(3-5-20-7-12)15-21(18,19)9-6-14-10-8(9)2-1-4-13-10/h1-2,4,6,15H,3,5,7H2,(H,13,14)(H,16,17). The van der Waals surface area contributed by atoms with Crippen molar-refractivity contribution in [3.05, 3.63) is 24.5 Å². The molecule has 1 saturated heterocycles. The molecule has 0 aromatic carbocycles. The highest BCUT2D eigenvalue weighted by molar-refractivity contribution is 7.89. The number of carboxylic acid groups (broad SMARTS) is 1. The molecule has 0 amide bonds. The van der Waals surface area contributed by atoms with E-state index in [1.165, 1.54) is 12.4 Å². The Balaban J connectivity index is 2.03. The maximum Gasteiger partial charge on any atom is 0.327 e. The molecule has 9 heteroatoms. The number of H-pyrrole nitrogens is 1. The zero-order valence-electron chi connectivity index (χ0n) is 10.9. The van der Waals surface area contributed by atoms with Crippen molar-refractivity contribution < 1.29 is 23.1 Å². The summed E-state index contributed by atoms with van der Waals surface area (Å²) in [5.41, 5.74) is -1.20. The molecule has 0 bridgehead atoms. The summed E-state index contributed by atoms with van der Waals surface area (Å²) in [7, 11) is -4.01. The molecule has 1 aliphatic rings. The van der Waals surface area contributed by atoms with Crippen LogP contribution in [0.25, 0.3) is 11.0 Å². The molecule has 0 aliphatic carbocycles. The highest BCUT2D eigenvalue weighted by Gasteiger charge is 2.46. The minimum Gasteiger partial charge on any atom is -0.480 e. The lowest BCUT2D eigenvalue weighted by Gasteiger charge is -2.23. The van der Waals surface area contributed by atoms with E-state index < -0.39 is 21.5 Å². The number of fused-ring (bicyclic) bond motifs is 1. The smallest absolute Gasteiger partial charge is 0.327 e. The number of carbonyl (C=O) groups is 1. The van der Waals surface area contributed by atoms with Crippen LogP contribution in [0.1, 0.15) is 6.42 Å². The second-order valence-electron chi connectivity index (χ2n) is 4.85. The zero-order chi connectivity index (χ0) is 15.1. The van der Waals surface area contributed by atoms with Crippen molar-refractivity contribution in [3.63, 3.8) is 0 Å². The van der Waals surface area contributed by atoms with Crippen molar-refractivity contribution in [1.29, 1.82) is 0 Å². The maximum absolute atomic E-state index is 12.5. The van der Waals surface area contributed by atoms with Gasteiger partial charge in [0.25, 0.3) is 0 Å². The van der Waals surface area contributed by atoms with Gasteiger partial charge in [-0.25, -0.2) is 13.4 Å². The average Bonchev–Trinajstić information content (AvgIpc) is 3.05. The van der Waals surface area contributed by atoms with Gasteiger partial charge in [-0.1, -0.05) is 0 Å². The van der Waals surface area contributed by atoms with Crippen molar-refractivity contribution in [2.45, 2.75) is 16.9 Å². The molecule has 0 radical (unpaired) electrons. The lowest BCUT2D eigenvalue weighted by atomic mass is 10.0. The predicted octanol–water partition coefficient (Wildman–Crippen LogP) is 0.0849. The summed E-state index contributed by atoms with van der Waals surface area (Å²) in [6.45, 7) is 0.00638. The lowest BCUT2D eigenvalue weighted by molar-refractivity contribution is -0.144. The third kappa shape index (κ3) is 2.28. The van der Waals surface area contributed by atoms with Crippen LogP contribution >= 0.6 is 0 Å². The molecule has 21 heavy (non-hydrogen) atoms. The quantitative estimate of drug-likeness (QED) is 0.735. The van der Waals surface area contributed by atoms with E-state index in [0.29, 0.717) is 11.0 Å². The van der Waals surface area contributed by atoms with Crippen molar-refractivity contribution in [1.82, 2.24) is 14.7 Å². The highest BCUT2D eigenvalue weighted by atomic mass is 32.2.